The van der Waals surface area contributed by atoms with Crippen LogP contribution in [0.25, 0.3) is 21.8 Å². The lowest BCUT2D eigenvalue weighted by Gasteiger charge is -1.97. The second-order valence-corrected chi connectivity index (χ2v) is 5.35. The standard InChI is InChI=1S/C18H19N3O/c1-2-5-17(22)20-13-7-4-8-14-15-9-3-6-12(11-19)18(15)21-16(14)10-13/h3-4,6-10,21H,2,5,11,19H2,1H3. The van der Waals surface area contributed by atoms with Crippen molar-refractivity contribution < 1.29 is 4.79 Å². The Morgan fingerprint density at radius 3 is 2.73 bits per heavy atom. The van der Waals surface area contributed by atoms with Crippen molar-refractivity contribution in [1.29, 1.82) is 0 Å². The number of nitrogens with zero attached hydrogens (tertiary/aromatic N) is 1. The van der Waals surface area contributed by atoms with Crippen LogP contribution in [0.15, 0.2) is 47.5 Å². The molecule has 0 aliphatic rings. The smallest absolute Gasteiger partial charge is 0.246 e. The highest BCUT2D eigenvalue weighted by Crippen LogP contribution is 2.26. The second-order valence-electron chi connectivity index (χ2n) is 5.35. The molecule has 1 amide bonds. The summed E-state index contributed by atoms with van der Waals surface area (Å²) in [5, 5.41) is 2.92. The van der Waals surface area contributed by atoms with Crippen LogP contribution in [-0.4, -0.2) is 10.9 Å². The molecule has 0 radical (unpaired) electrons. The van der Waals surface area contributed by atoms with Gasteiger partial charge < -0.3 is 10.7 Å². The van der Waals surface area contributed by atoms with Crippen LogP contribution in [0.2, 0.25) is 0 Å². The maximum atomic E-state index is 11.7. The molecule has 1 aromatic heterocycles. The third kappa shape index (κ3) is 2.65. The normalized spacial score (nSPS) is 12.2. The van der Waals surface area contributed by atoms with Crippen molar-refractivity contribution in [2.75, 3.05) is 0 Å². The van der Waals surface area contributed by atoms with Gasteiger partial charge in [-0.1, -0.05) is 37.3 Å². The number of hydrogen-bond donors (Lipinski definition) is 2. The summed E-state index contributed by atoms with van der Waals surface area (Å²) in [6.45, 7) is 2.46. The molecule has 0 saturated heterocycles. The topological polar surface area (TPSA) is 71.2 Å². The SMILES string of the molecule is CCCC(=O)N=c1cccc2c(c1)[nH]c1c(CN)cccc12. The zero-order valence-electron chi connectivity index (χ0n) is 12.6. The van der Waals surface area contributed by atoms with Gasteiger partial charge >= 0.3 is 0 Å². The number of carbonyl (C=O) groups excluding carboxylic acids is 1. The number of carbonyl (C=O) groups is 1. The first-order chi connectivity index (χ1) is 10.7. The van der Waals surface area contributed by atoms with Gasteiger partial charge in [0.25, 0.3) is 0 Å². The van der Waals surface area contributed by atoms with Gasteiger partial charge in [-0.25, -0.2) is 4.99 Å². The Kier molecular flexibility index (Phi) is 4.02. The van der Waals surface area contributed by atoms with Crippen molar-refractivity contribution in [1.82, 2.24) is 4.98 Å². The molecule has 2 aromatic carbocycles. The van der Waals surface area contributed by atoms with Gasteiger partial charge in [0.1, 0.15) is 0 Å². The number of nitrogens with two attached hydrogens (primary N) is 1. The van der Waals surface area contributed by atoms with E-state index in [4.69, 9.17) is 5.73 Å². The fourth-order valence-electron chi connectivity index (χ4n) is 2.71. The molecule has 4 nitrogen and oxygen atoms in total. The predicted molar refractivity (Wildman–Crippen MR) is 89.2 cm³/mol. The van der Waals surface area contributed by atoms with Crippen molar-refractivity contribution in [3.63, 3.8) is 0 Å². The molecule has 0 fully saturated rings. The molecule has 1 heterocycles. The lowest BCUT2D eigenvalue weighted by molar-refractivity contribution is -0.118. The molecule has 0 spiro atoms. The van der Waals surface area contributed by atoms with E-state index in [0.29, 0.717) is 18.3 Å². The number of aromatic amines is 1. The summed E-state index contributed by atoms with van der Waals surface area (Å²) in [5.41, 5.74) is 8.90. The number of H-pyrrole nitrogens is 1. The molecule has 3 N–H and O–H groups in total. The Labute approximate surface area is 128 Å². The lowest BCUT2D eigenvalue weighted by Crippen LogP contribution is -2.03. The first kappa shape index (κ1) is 14.5. The van der Waals surface area contributed by atoms with Gasteiger partial charge in [0.05, 0.1) is 10.9 Å². The Bertz CT molecular complexity index is 909. The van der Waals surface area contributed by atoms with Crippen LogP contribution in [0.5, 0.6) is 0 Å². The Hall–Kier alpha value is -2.46. The molecule has 0 aliphatic heterocycles. The average Bonchev–Trinajstić information content (AvgIpc) is 2.73. The number of aromatic nitrogens is 1. The van der Waals surface area contributed by atoms with Crippen LogP contribution in [0.1, 0.15) is 25.3 Å². The first-order valence-corrected chi connectivity index (χ1v) is 7.54. The molecular weight excluding hydrogens is 274 g/mol. The van der Waals surface area contributed by atoms with Gasteiger partial charge in [0.2, 0.25) is 5.91 Å². The van der Waals surface area contributed by atoms with Gasteiger partial charge in [0.15, 0.2) is 0 Å². The lowest BCUT2D eigenvalue weighted by atomic mass is 10.1. The quantitative estimate of drug-likeness (QED) is 0.779. The molecule has 0 saturated carbocycles. The van der Waals surface area contributed by atoms with E-state index in [9.17, 15) is 4.79 Å². The third-order valence-electron chi connectivity index (χ3n) is 3.75. The number of fused-ring (bicyclic) bond motifs is 3. The predicted octanol–water partition coefficient (Wildman–Crippen LogP) is 3.01. The maximum absolute atomic E-state index is 11.7. The summed E-state index contributed by atoms with van der Waals surface area (Å²) < 4.78 is 0. The minimum atomic E-state index is -0.0828. The van der Waals surface area contributed by atoms with Crippen molar-refractivity contribution >= 4 is 27.7 Å². The van der Waals surface area contributed by atoms with E-state index >= 15 is 0 Å². The molecule has 0 aliphatic carbocycles. The van der Waals surface area contributed by atoms with E-state index < -0.39 is 0 Å². The molecule has 4 heteroatoms. The molecule has 22 heavy (non-hydrogen) atoms. The van der Waals surface area contributed by atoms with Gasteiger partial charge in [-0.15, -0.1) is 0 Å². The van der Waals surface area contributed by atoms with Crippen LogP contribution < -0.4 is 11.1 Å². The van der Waals surface area contributed by atoms with E-state index in [0.717, 1.165) is 33.8 Å². The highest BCUT2D eigenvalue weighted by Gasteiger charge is 2.06. The number of hydrogen-bond acceptors (Lipinski definition) is 2. The van der Waals surface area contributed by atoms with E-state index in [1.807, 2.05) is 43.3 Å². The molecule has 112 valence electrons. The number of nitrogens with one attached hydrogen (secondary N) is 1. The molecule has 3 rings (SSSR count). The zero-order chi connectivity index (χ0) is 15.5. The number of rotatable bonds is 3. The van der Waals surface area contributed by atoms with E-state index in [1.165, 1.54) is 0 Å². The van der Waals surface area contributed by atoms with Crippen LogP contribution in [0, 0.1) is 0 Å². The van der Waals surface area contributed by atoms with Crippen LogP contribution in [0.4, 0.5) is 0 Å². The monoisotopic (exact) mass is 293 g/mol. The molecule has 0 atom stereocenters. The van der Waals surface area contributed by atoms with Crippen LogP contribution in [-0.2, 0) is 11.3 Å². The van der Waals surface area contributed by atoms with Crippen LogP contribution >= 0.6 is 0 Å². The van der Waals surface area contributed by atoms with Crippen molar-refractivity contribution in [2.24, 2.45) is 10.7 Å². The van der Waals surface area contributed by atoms with E-state index in [-0.39, 0.29) is 5.91 Å². The largest absolute Gasteiger partial charge is 0.354 e. The zero-order valence-corrected chi connectivity index (χ0v) is 12.6. The van der Waals surface area contributed by atoms with Crippen LogP contribution in [0.3, 0.4) is 0 Å². The van der Waals surface area contributed by atoms with Gasteiger partial charge in [-0.2, -0.15) is 0 Å². The molecular formula is C18H19N3O. The minimum absolute atomic E-state index is 0.0828. The summed E-state index contributed by atoms with van der Waals surface area (Å²) >= 11 is 0. The van der Waals surface area contributed by atoms with E-state index in [1.54, 1.807) is 0 Å². The first-order valence-electron chi connectivity index (χ1n) is 7.54. The summed E-state index contributed by atoms with van der Waals surface area (Å²) in [6.07, 6.45) is 1.29. The second kappa shape index (κ2) is 6.12. The average molecular weight is 293 g/mol. The summed E-state index contributed by atoms with van der Waals surface area (Å²) in [5.74, 6) is -0.0828. The fraction of sp³-hybridized carbons (Fsp3) is 0.222. The van der Waals surface area contributed by atoms with Gasteiger partial charge in [-0.3, -0.25) is 4.79 Å². The fourth-order valence-corrected chi connectivity index (χ4v) is 2.71. The Balaban J connectivity index is 2.26. The third-order valence-corrected chi connectivity index (χ3v) is 3.75. The van der Waals surface area contributed by atoms with Gasteiger partial charge in [0, 0.05) is 29.3 Å². The molecule has 3 aromatic rings. The van der Waals surface area contributed by atoms with Crippen molar-refractivity contribution in [3.8, 4) is 0 Å². The summed E-state index contributed by atoms with van der Waals surface area (Å²) in [4.78, 5) is 19.3. The Morgan fingerprint density at radius 2 is 1.95 bits per heavy atom. The molecule has 0 bridgehead atoms. The molecule has 0 unspecified atom stereocenters. The highest BCUT2D eigenvalue weighted by molar-refractivity contribution is 6.07. The van der Waals surface area contributed by atoms with Gasteiger partial charge in [-0.05, 0) is 24.1 Å². The minimum Gasteiger partial charge on any atom is -0.354 e. The van der Waals surface area contributed by atoms with E-state index in [2.05, 4.69) is 16.0 Å². The van der Waals surface area contributed by atoms with Crippen molar-refractivity contribution in [3.05, 3.63) is 53.4 Å². The number of amides is 1. The summed E-state index contributed by atoms with van der Waals surface area (Å²) in [6, 6.07) is 13.9. The summed E-state index contributed by atoms with van der Waals surface area (Å²) in [7, 11) is 0. The maximum Gasteiger partial charge on any atom is 0.246 e. The highest BCUT2D eigenvalue weighted by atomic mass is 16.1. The number of para-hydroxylation sites is 1. The Morgan fingerprint density at radius 1 is 1.18 bits per heavy atom. The van der Waals surface area contributed by atoms with Crippen molar-refractivity contribution in [2.45, 2.75) is 26.3 Å². The number of benzene rings is 1.